The third kappa shape index (κ3) is 3.35. The van der Waals surface area contributed by atoms with Crippen molar-refractivity contribution in [3.63, 3.8) is 0 Å². The van der Waals surface area contributed by atoms with E-state index in [1.165, 1.54) is 0 Å². The van der Waals surface area contributed by atoms with Crippen LogP contribution in [0.15, 0.2) is 97.2 Å². The van der Waals surface area contributed by atoms with Crippen LogP contribution >= 0.6 is 23.2 Å². The minimum absolute atomic E-state index is 0.326. The molecule has 0 unspecified atom stereocenters. The van der Waals surface area contributed by atoms with Crippen LogP contribution in [0, 0.1) is 0 Å². The first kappa shape index (κ1) is 19.9. The highest BCUT2D eigenvalue weighted by Gasteiger charge is 2.23. The molecule has 4 nitrogen and oxygen atoms in total. The van der Waals surface area contributed by atoms with Gasteiger partial charge in [-0.1, -0.05) is 96.0 Å². The molecular formula is C27H16Cl2N4. The monoisotopic (exact) mass is 466 g/mol. The lowest BCUT2D eigenvalue weighted by Gasteiger charge is -2.10. The first-order valence-electron chi connectivity index (χ1n) is 10.4. The van der Waals surface area contributed by atoms with Crippen molar-refractivity contribution in [1.82, 2.24) is 19.6 Å². The molecule has 6 aromatic rings. The van der Waals surface area contributed by atoms with Gasteiger partial charge in [0, 0.05) is 17.1 Å². The highest BCUT2D eigenvalue weighted by molar-refractivity contribution is 6.38. The molecule has 0 radical (unpaired) electrons. The maximum atomic E-state index is 6.95. The van der Waals surface area contributed by atoms with Crippen molar-refractivity contribution in [2.24, 2.45) is 0 Å². The van der Waals surface area contributed by atoms with Gasteiger partial charge in [-0.25, -0.2) is 9.50 Å². The average Bonchev–Trinajstić information content (AvgIpc) is 3.24. The highest BCUT2D eigenvalue weighted by atomic mass is 35.5. The van der Waals surface area contributed by atoms with Crippen LogP contribution in [0.3, 0.4) is 0 Å². The molecule has 158 valence electrons. The third-order valence-electron chi connectivity index (χ3n) is 5.67. The van der Waals surface area contributed by atoms with Gasteiger partial charge in [0.15, 0.2) is 5.65 Å². The minimum atomic E-state index is 0.326. The van der Waals surface area contributed by atoms with Crippen LogP contribution in [-0.4, -0.2) is 19.6 Å². The number of hydrogen-bond acceptors (Lipinski definition) is 3. The Morgan fingerprint density at radius 3 is 2.15 bits per heavy atom. The molecule has 0 amide bonds. The number of halogens is 2. The summed E-state index contributed by atoms with van der Waals surface area (Å²) >= 11 is 13.7. The van der Waals surface area contributed by atoms with Crippen LogP contribution in [0.2, 0.25) is 10.3 Å². The van der Waals surface area contributed by atoms with E-state index in [0.717, 1.165) is 38.9 Å². The Balaban J connectivity index is 1.65. The number of pyridine rings is 1. The Bertz CT molecular complexity index is 1630. The molecule has 0 aliphatic carbocycles. The van der Waals surface area contributed by atoms with E-state index in [-0.39, 0.29) is 0 Å². The fourth-order valence-corrected chi connectivity index (χ4v) is 4.77. The lowest BCUT2D eigenvalue weighted by atomic mass is 10.0. The van der Waals surface area contributed by atoms with Crippen molar-refractivity contribution in [3.8, 4) is 33.5 Å². The zero-order chi connectivity index (χ0) is 22.4. The Kier molecular flexibility index (Phi) is 4.83. The van der Waals surface area contributed by atoms with E-state index in [1.54, 1.807) is 10.7 Å². The topological polar surface area (TPSA) is 43.1 Å². The molecule has 0 aliphatic heterocycles. The molecule has 0 fully saturated rings. The number of rotatable bonds is 3. The molecule has 0 spiro atoms. The fourth-order valence-electron chi connectivity index (χ4n) is 4.13. The summed E-state index contributed by atoms with van der Waals surface area (Å²) in [7, 11) is 0. The second-order valence-electron chi connectivity index (χ2n) is 7.67. The van der Waals surface area contributed by atoms with Crippen LogP contribution in [-0.2, 0) is 0 Å². The van der Waals surface area contributed by atoms with Gasteiger partial charge in [0.25, 0.3) is 0 Å². The van der Waals surface area contributed by atoms with Crippen LogP contribution in [0.5, 0.6) is 0 Å². The van der Waals surface area contributed by atoms with E-state index >= 15 is 0 Å². The molecule has 6 rings (SSSR count). The van der Waals surface area contributed by atoms with E-state index in [0.29, 0.717) is 21.5 Å². The van der Waals surface area contributed by atoms with Crippen LogP contribution in [0.1, 0.15) is 0 Å². The highest BCUT2D eigenvalue weighted by Crippen LogP contribution is 2.40. The Hall–Kier alpha value is -3.73. The number of aromatic nitrogens is 4. The predicted octanol–water partition coefficient (Wildman–Crippen LogP) is 7.59. The summed E-state index contributed by atoms with van der Waals surface area (Å²) in [6, 6.07) is 29.9. The summed E-state index contributed by atoms with van der Waals surface area (Å²) in [6.45, 7) is 0. The van der Waals surface area contributed by atoms with Crippen molar-refractivity contribution in [1.29, 1.82) is 0 Å². The van der Waals surface area contributed by atoms with Gasteiger partial charge in [0.05, 0.1) is 16.6 Å². The second kappa shape index (κ2) is 8.00. The lowest BCUT2D eigenvalue weighted by molar-refractivity contribution is 0.946. The first-order valence-corrected chi connectivity index (χ1v) is 11.2. The van der Waals surface area contributed by atoms with Crippen molar-refractivity contribution in [2.75, 3.05) is 0 Å². The maximum Gasteiger partial charge on any atom is 0.166 e. The standard InChI is InChI=1S/C27H16Cl2N4/c28-25-23(20-13-14-21-19(16-20)12-7-15-30-21)26(29)33-27(31-25)22(17-8-3-1-4-9-17)24(32-33)18-10-5-2-6-11-18/h1-16H. The van der Waals surface area contributed by atoms with Gasteiger partial charge in [-0.15, -0.1) is 0 Å². The number of nitrogens with zero attached hydrogens (tertiary/aromatic N) is 4. The summed E-state index contributed by atoms with van der Waals surface area (Å²) < 4.78 is 1.68. The van der Waals surface area contributed by atoms with Gasteiger partial charge in [0.1, 0.15) is 16.0 Å². The van der Waals surface area contributed by atoms with E-state index in [9.17, 15) is 0 Å². The molecule has 3 aromatic heterocycles. The van der Waals surface area contributed by atoms with Gasteiger partial charge in [-0.3, -0.25) is 4.98 Å². The second-order valence-corrected chi connectivity index (χ2v) is 8.39. The molecule has 0 N–H and O–H groups in total. The normalized spacial score (nSPS) is 11.3. The van der Waals surface area contributed by atoms with E-state index in [1.807, 2.05) is 91.0 Å². The molecule has 6 heteroatoms. The van der Waals surface area contributed by atoms with Gasteiger partial charge in [-0.2, -0.15) is 5.10 Å². The molecule has 33 heavy (non-hydrogen) atoms. The van der Waals surface area contributed by atoms with Crippen LogP contribution in [0.4, 0.5) is 0 Å². The average molecular weight is 467 g/mol. The zero-order valence-electron chi connectivity index (χ0n) is 17.3. The minimum Gasteiger partial charge on any atom is -0.256 e. The molecular weight excluding hydrogens is 451 g/mol. The van der Waals surface area contributed by atoms with Gasteiger partial charge >= 0.3 is 0 Å². The van der Waals surface area contributed by atoms with E-state index < -0.39 is 0 Å². The lowest BCUT2D eigenvalue weighted by Crippen LogP contribution is -1.97. The maximum absolute atomic E-state index is 6.95. The molecule has 3 aromatic carbocycles. The Morgan fingerprint density at radius 1 is 0.667 bits per heavy atom. The van der Waals surface area contributed by atoms with Crippen LogP contribution < -0.4 is 0 Å². The predicted molar refractivity (Wildman–Crippen MR) is 135 cm³/mol. The number of hydrogen-bond donors (Lipinski definition) is 0. The van der Waals surface area contributed by atoms with Crippen LogP contribution in [0.25, 0.3) is 50.1 Å². The SMILES string of the molecule is Clc1nc2c(-c3ccccc3)c(-c3ccccc3)nn2c(Cl)c1-c1ccc2ncccc2c1. The summed E-state index contributed by atoms with van der Waals surface area (Å²) in [6.07, 6.45) is 1.77. The Labute approximate surface area is 200 Å². The summed E-state index contributed by atoms with van der Waals surface area (Å²) in [4.78, 5) is 9.17. The van der Waals surface area contributed by atoms with Gasteiger partial charge < -0.3 is 0 Å². The number of fused-ring (bicyclic) bond motifs is 2. The largest absolute Gasteiger partial charge is 0.256 e. The fraction of sp³-hybridized carbons (Fsp3) is 0. The van der Waals surface area contributed by atoms with Crippen molar-refractivity contribution in [2.45, 2.75) is 0 Å². The number of benzene rings is 3. The summed E-state index contributed by atoms with van der Waals surface area (Å²) in [5.41, 5.74) is 6.67. The quantitative estimate of drug-likeness (QED) is 0.252. The van der Waals surface area contributed by atoms with Crippen molar-refractivity contribution in [3.05, 3.63) is 107 Å². The molecule has 0 saturated carbocycles. The van der Waals surface area contributed by atoms with E-state index in [4.69, 9.17) is 33.3 Å². The molecule has 0 atom stereocenters. The first-order chi connectivity index (χ1) is 16.2. The zero-order valence-corrected chi connectivity index (χ0v) is 18.8. The van der Waals surface area contributed by atoms with Crippen molar-refractivity contribution < 1.29 is 0 Å². The molecule has 0 saturated heterocycles. The summed E-state index contributed by atoms with van der Waals surface area (Å²) in [5.74, 6) is 0. The van der Waals surface area contributed by atoms with Gasteiger partial charge in [0.2, 0.25) is 0 Å². The van der Waals surface area contributed by atoms with Crippen molar-refractivity contribution >= 4 is 39.8 Å². The summed E-state index contributed by atoms with van der Waals surface area (Å²) in [5, 5.41) is 6.63. The molecule has 0 aliphatic rings. The molecule has 0 bridgehead atoms. The Morgan fingerprint density at radius 2 is 1.39 bits per heavy atom. The molecule has 3 heterocycles. The third-order valence-corrected chi connectivity index (χ3v) is 6.29. The smallest absolute Gasteiger partial charge is 0.166 e. The van der Waals surface area contributed by atoms with E-state index in [2.05, 4.69) is 4.98 Å². The van der Waals surface area contributed by atoms with Gasteiger partial charge in [-0.05, 0) is 29.3 Å².